The van der Waals surface area contributed by atoms with Crippen LogP contribution in [0.4, 0.5) is 4.39 Å². The monoisotopic (exact) mass is 317 g/mol. The first kappa shape index (κ1) is 15.6. The van der Waals surface area contributed by atoms with E-state index in [9.17, 15) is 9.18 Å². The summed E-state index contributed by atoms with van der Waals surface area (Å²) >= 11 is 0. The number of carbonyl (C=O) groups is 1. The lowest BCUT2D eigenvalue weighted by Gasteiger charge is -2.31. The Hall–Kier alpha value is -2.28. The molecule has 1 aliphatic rings. The van der Waals surface area contributed by atoms with Crippen molar-refractivity contribution in [1.82, 2.24) is 25.2 Å². The molecule has 2 aromatic rings. The number of aromatic nitrogens is 3. The summed E-state index contributed by atoms with van der Waals surface area (Å²) in [7, 11) is 1.94. The number of piperidine rings is 1. The summed E-state index contributed by atoms with van der Waals surface area (Å²) in [6.07, 6.45) is 3.51. The van der Waals surface area contributed by atoms with Crippen LogP contribution in [0.25, 0.3) is 0 Å². The average molecular weight is 317 g/mol. The van der Waals surface area contributed by atoms with Crippen LogP contribution in [0.1, 0.15) is 28.9 Å². The van der Waals surface area contributed by atoms with Gasteiger partial charge in [0.1, 0.15) is 5.82 Å². The summed E-state index contributed by atoms with van der Waals surface area (Å²) in [5.41, 5.74) is 1.12. The standard InChI is InChI=1S/C16H20FN5O/c1-18-14-5-7-21(8-6-14)16(23)15-11-22(20-19-15)10-12-3-2-4-13(17)9-12/h2-4,9,11,14,18H,5-8,10H2,1H3. The molecule has 2 heterocycles. The minimum absolute atomic E-state index is 0.0926. The van der Waals surface area contributed by atoms with E-state index in [2.05, 4.69) is 15.6 Å². The minimum atomic E-state index is -0.286. The van der Waals surface area contributed by atoms with Gasteiger partial charge >= 0.3 is 0 Å². The summed E-state index contributed by atoms with van der Waals surface area (Å²) in [5.74, 6) is -0.378. The van der Waals surface area contributed by atoms with E-state index in [1.165, 1.54) is 12.1 Å². The lowest BCUT2D eigenvalue weighted by molar-refractivity contribution is 0.0701. The van der Waals surface area contributed by atoms with Crippen LogP contribution in [0, 0.1) is 5.82 Å². The summed E-state index contributed by atoms with van der Waals surface area (Å²) in [6, 6.07) is 6.79. The van der Waals surface area contributed by atoms with Crippen molar-refractivity contribution in [2.45, 2.75) is 25.4 Å². The van der Waals surface area contributed by atoms with Crippen LogP contribution in [0.15, 0.2) is 30.5 Å². The molecule has 0 aliphatic carbocycles. The third-order valence-corrected chi connectivity index (χ3v) is 4.18. The first-order valence-electron chi connectivity index (χ1n) is 7.77. The maximum Gasteiger partial charge on any atom is 0.276 e. The van der Waals surface area contributed by atoms with Gasteiger partial charge in [0.25, 0.3) is 5.91 Å². The number of hydrogen-bond donors (Lipinski definition) is 1. The van der Waals surface area contributed by atoms with E-state index in [0.29, 0.717) is 18.3 Å². The van der Waals surface area contributed by atoms with Crippen LogP contribution < -0.4 is 5.32 Å². The van der Waals surface area contributed by atoms with Gasteiger partial charge in [-0.2, -0.15) is 0 Å². The first-order valence-corrected chi connectivity index (χ1v) is 7.77. The van der Waals surface area contributed by atoms with Crippen molar-refractivity contribution in [3.8, 4) is 0 Å². The van der Waals surface area contributed by atoms with Gasteiger partial charge < -0.3 is 10.2 Å². The highest BCUT2D eigenvalue weighted by molar-refractivity contribution is 5.92. The lowest BCUT2D eigenvalue weighted by atomic mass is 10.1. The highest BCUT2D eigenvalue weighted by Crippen LogP contribution is 2.13. The number of carbonyl (C=O) groups excluding carboxylic acids is 1. The molecule has 0 saturated carbocycles. The number of rotatable bonds is 4. The molecule has 23 heavy (non-hydrogen) atoms. The zero-order chi connectivity index (χ0) is 16.2. The van der Waals surface area contributed by atoms with Crippen LogP contribution in [0.5, 0.6) is 0 Å². The number of likely N-dealkylation sites (tertiary alicyclic amines) is 1. The Morgan fingerprint density at radius 3 is 2.87 bits per heavy atom. The molecule has 0 unspecified atom stereocenters. The molecule has 122 valence electrons. The van der Waals surface area contributed by atoms with Crippen LogP contribution in [0.3, 0.4) is 0 Å². The Labute approximate surface area is 134 Å². The van der Waals surface area contributed by atoms with Crippen LogP contribution in [0.2, 0.25) is 0 Å². The smallest absolute Gasteiger partial charge is 0.276 e. The van der Waals surface area contributed by atoms with E-state index >= 15 is 0 Å². The normalized spacial score (nSPS) is 15.8. The quantitative estimate of drug-likeness (QED) is 0.923. The molecule has 1 aromatic carbocycles. The lowest BCUT2D eigenvalue weighted by Crippen LogP contribution is -2.44. The highest BCUT2D eigenvalue weighted by Gasteiger charge is 2.24. The molecular formula is C16H20FN5O. The molecule has 0 atom stereocenters. The number of nitrogens with one attached hydrogen (secondary N) is 1. The van der Waals surface area contributed by atoms with Gasteiger partial charge in [0.05, 0.1) is 12.7 Å². The summed E-state index contributed by atoms with van der Waals surface area (Å²) in [6.45, 7) is 1.84. The molecule has 1 aliphatic heterocycles. The topological polar surface area (TPSA) is 63.1 Å². The largest absolute Gasteiger partial charge is 0.337 e. The Morgan fingerprint density at radius 1 is 1.39 bits per heavy atom. The fourth-order valence-corrected chi connectivity index (χ4v) is 2.83. The van der Waals surface area contributed by atoms with Crippen molar-refractivity contribution in [3.05, 3.63) is 47.5 Å². The molecule has 6 nitrogen and oxygen atoms in total. The zero-order valence-corrected chi connectivity index (χ0v) is 13.1. The number of hydrogen-bond acceptors (Lipinski definition) is 4. The maximum atomic E-state index is 13.2. The van der Waals surface area contributed by atoms with Gasteiger partial charge in [-0.15, -0.1) is 5.10 Å². The summed E-state index contributed by atoms with van der Waals surface area (Å²) in [4.78, 5) is 14.3. The summed E-state index contributed by atoms with van der Waals surface area (Å²) < 4.78 is 14.8. The Morgan fingerprint density at radius 2 is 2.17 bits per heavy atom. The summed E-state index contributed by atoms with van der Waals surface area (Å²) in [5, 5.41) is 11.2. The van der Waals surface area contributed by atoms with E-state index in [4.69, 9.17) is 0 Å². The molecule has 0 spiro atoms. The Kier molecular flexibility index (Phi) is 4.66. The molecule has 1 amide bonds. The van der Waals surface area contributed by atoms with Crippen molar-refractivity contribution >= 4 is 5.91 Å². The predicted molar refractivity (Wildman–Crippen MR) is 83.5 cm³/mol. The van der Waals surface area contributed by atoms with E-state index in [1.807, 2.05) is 18.0 Å². The van der Waals surface area contributed by atoms with E-state index in [-0.39, 0.29) is 11.7 Å². The van der Waals surface area contributed by atoms with E-state index in [1.54, 1.807) is 16.9 Å². The third kappa shape index (κ3) is 3.73. The number of nitrogens with zero attached hydrogens (tertiary/aromatic N) is 4. The van der Waals surface area contributed by atoms with E-state index < -0.39 is 0 Å². The average Bonchev–Trinajstić information content (AvgIpc) is 3.03. The van der Waals surface area contributed by atoms with Gasteiger partial charge in [-0.05, 0) is 37.6 Å². The molecule has 7 heteroatoms. The molecule has 3 rings (SSSR count). The SMILES string of the molecule is CNC1CCN(C(=O)c2cn(Cc3cccc(F)c3)nn2)CC1. The minimum Gasteiger partial charge on any atom is -0.337 e. The fourth-order valence-electron chi connectivity index (χ4n) is 2.83. The van der Waals surface area contributed by atoms with E-state index in [0.717, 1.165) is 31.5 Å². The fraction of sp³-hybridized carbons (Fsp3) is 0.438. The number of benzene rings is 1. The predicted octanol–water partition coefficient (Wildman–Crippen LogP) is 1.29. The van der Waals surface area contributed by atoms with Crippen molar-refractivity contribution in [3.63, 3.8) is 0 Å². The van der Waals surface area contributed by atoms with Gasteiger partial charge in [0.2, 0.25) is 0 Å². The second kappa shape index (κ2) is 6.87. The third-order valence-electron chi connectivity index (χ3n) is 4.18. The van der Waals surface area contributed by atoms with Gasteiger partial charge in [0, 0.05) is 19.1 Å². The van der Waals surface area contributed by atoms with Gasteiger partial charge in [-0.3, -0.25) is 4.79 Å². The molecule has 1 fully saturated rings. The van der Waals surface area contributed by atoms with Gasteiger partial charge in [-0.1, -0.05) is 17.3 Å². The Bertz CT molecular complexity index is 679. The van der Waals surface area contributed by atoms with Crippen molar-refractivity contribution in [2.75, 3.05) is 20.1 Å². The first-order chi connectivity index (χ1) is 11.2. The van der Waals surface area contributed by atoms with Crippen molar-refractivity contribution in [2.24, 2.45) is 0 Å². The molecule has 1 N–H and O–H groups in total. The second-order valence-electron chi connectivity index (χ2n) is 5.79. The van der Waals surface area contributed by atoms with Crippen LogP contribution in [-0.2, 0) is 6.54 Å². The molecule has 1 saturated heterocycles. The zero-order valence-electron chi connectivity index (χ0n) is 13.1. The number of amides is 1. The van der Waals surface area contributed by atoms with Crippen LogP contribution >= 0.6 is 0 Å². The van der Waals surface area contributed by atoms with Crippen molar-refractivity contribution < 1.29 is 9.18 Å². The maximum absolute atomic E-state index is 13.2. The molecule has 0 bridgehead atoms. The molecule has 1 aromatic heterocycles. The van der Waals surface area contributed by atoms with Crippen molar-refractivity contribution in [1.29, 1.82) is 0 Å². The Balaban J connectivity index is 1.63. The second-order valence-corrected chi connectivity index (χ2v) is 5.79. The highest BCUT2D eigenvalue weighted by atomic mass is 19.1. The van der Waals surface area contributed by atoms with Gasteiger partial charge in [-0.25, -0.2) is 9.07 Å². The van der Waals surface area contributed by atoms with Crippen LogP contribution in [-0.4, -0.2) is 52.0 Å². The molecule has 0 radical (unpaired) electrons. The number of halogens is 1. The molecular weight excluding hydrogens is 297 g/mol. The van der Waals surface area contributed by atoms with Gasteiger partial charge in [0.15, 0.2) is 5.69 Å².